The van der Waals surface area contributed by atoms with Gasteiger partial charge in [0.25, 0.3) is 5.91 Å². The monoisotopic (exact) mass is 387 g/mol. The van der Waals surface area contributed by atoms with E-state index in [1.165, 1.54) is 41.4 Å². The fourth-order valence-corrected chi connectivity index (χ4v) is 2.56. The molecule has 0 spiro atoms. The van der Waals surface area contributed by atoms with E-state index >= 15 is 0 Å². The van der Waals surface area contributed by atoms with Crippen LogP contribution in [0, 0.1) is 12.7 Å². The first-order valence-corrected chi connectivity index (χ1v) is 8.34. The van der Waals surface area contributed by atoms with Crippen molar-refractivity contribution < 1.29 is 18.7 Å². The van der Waals surface area contributed by atoms with Gasteiger partial charge >= 0.3 is 5.97 Å². The Kier molecular flexibility index (Phi) is 5.52. The van der Waals surface area contributed by atoms with E-state index in [1.54, 1.807) is 25.1 Å². The highest BCUT2D eigenvalue weighted by molar-refractivity contribution is 6.31. The van der Waals surface area contributed by atoms with Crippen LogP contribution in [0.3, 0.4) is 0 Å². The van der Waals surface area contributed by atoms with Crippen LogP contribution < -0.4 is 5.32 Å². The van der Waals surface area contributed by atoms with Gasteiger partial charge in [-0.2, -0.15) is 0 Å². The quantitative estimate of drug-likeness (QED) is 0.676. The van der Waals surface area contributed by atoms with E-state index in [9.17, 15) is 14.0 Å². The zero-order valence-corrected chi connectivity index (χ0v) is 15.0. The van der Waals surface area contributed by atoms with E-state index in [2.05, 4.69) is 10.3 Å². The van der Waals surface area contributed by atoms with Crippen molar-refractivity contribution in [2.45, 2.75) is 6.92 Å². The number of hydrogen-bond donors (Lipinski definition) is 1. The minimum Gasteiger partial charge on any atom is -0.451 e. The zero-order valence-electron chi connectivity index (χ0n) is 14.3. The minimum absolute atomic E-state index is 0.119. The molecule has 0 atom stereocenters. The van der Waals surface area contributed by atoms with Gasteiger partial charge in [0.1, 0.15) is 5.82 Å². The molecule has 0 bridgehead atoms. The summed E-state index contributed by atoms with van der Waals surface area (Å²) in [7, 11) is 0. The van der Waals surface area contributed by atoms with Crippen LogP contribution >= 0.6 is 11.6 Å². The average molecular weight is 388 g/mol. The van der Waals surface area contributed by atoms with Crippen LogP contribution in [0.1, 0.15) is 16.1 Å². The SMILES string of the molecule is Cc1c(Cl)cccc1NC(=O)COC(=O)c1cncn1-c1ccc(F)cc1. The number of ether oxygens (including phenoxy) is 1. The van der Waals surface area contributed by atoms with Gasteiger partial charge < -0.3 is 10.1 Å². The van der Waals surface area contributed by atoms with Gasteiger partial charge in [-0.25, -0.2) is 14.2 Å². The summed E-state index contributed by atoms with van der Waals surface area (Å²) >= 11 is 6.01. The van der Waals surface area contributed by atoms with Gasteiger partial charge in [-0.3, -0.25) is 9.36 Å². The number of nitrogens with one attached hydrogen (secondary N) is 1. The minimum atomic E-state index is -0.727. The van der Waals surface area contributed by atoms with Gasteiger partial charge in [-0.1, -0.05) is 17.7 Å². The average Bonchev–Trinajstić information content (AvgIpc) is 3.14. The summed E-state index contributed by atoms with van der Waals surface area (Å²) in [5.74, 6) is -1.62. The maximum atomic E-state index is 13.1. The molecule has 1 aromatic heterocycles. The Bertz CT molecular complexity index is 986. The van der Waals surface area contributed by atoms with Gasteiger partial charge in [0, 0.05) is 16.4 Å². The van der Waals surface area contributed by atoms with Gasteiger partial charge in [-0.15, -0.1) is 0 Å². The second-order valence-corrected chi connectivity index (χ2v) is 6.07. The second kappa shape index (κ2) is 8.01. The molecule has 8 heteroatoms. The number of hydrogen-bond acceptors (Lipinski definition) is 4. The zero-order chi connectivity index (χ0) is 19.4. The summed E-state index contributed by atoms with van der Waals surface area (Å²) in [6.45, 7) is 1.30. The van der Waals surface area contributed by atoms with Crippen molar-refractivity contribution in [1.29, 1.82) is 0 Å². The molecule has 138 valence electrons. The standard InChI is InChI=1S/C19H15ClFN3O3/c1-12-15(20)3-2-4-16(12)23-18(25)10-27-19(26)17-9-22-11-24(17)14-7-5-13(21)6-8-14/h2-9,11H,10H2,1H3,(H,23,25). The molecule has 0 aliphatic carbocycles. The summed E-state index contributed by atoms with van der Waals surface area (Å²) in [5, 5.41) is 3.16. The lowest BCUT2D eigenvalue weighted by Gasteiger charge is -2.11. The molecule has 0 aliphatic heterocycles. The van der Waals surface area contributed by atoms with Crippen molar-refractivity contribution in [3.05, 3.63) is 77.1 Å². The summed E-state index contributed by atoms with van der Waals surface area (Å²) in [6, 6.07) is 10.7. The molecule has 0 fully saturated rings. The molecule has 1 heterocycles. The highest BCUT2D eigenvalue weighted by Gasteiger charge is 2.16. The summed E-state index contributed by atoms with van der Waals surface area (Å²) in [4.78, 5) is 28.2. The van der Waals surface area contributed by atoms with Gasteiger partial charge in [-0.05, 0) is 48.9 Å². The summed E-state index contributed by atoms with van der Waals surface area (Å²) < 4.78 is 19.6. The number of esters is 1. The number of imidazole rings is 1. The van der Waals surface area contributed by atoms with Crippen LogP contribution in [0.25, 0.3) is 5.69 Å². The van der Waals surface area contributed by atoms with Gasteiger partial charge in [0.2, 0.25) is 0 Å². The Balaban J connectivity index is 1.65. The molecule has 0 saturated heterocycles. The number of amides is 1. The molecule has 27 heavy (non-hydrogen) atoms. The normalized spacial score (nSPS) is 10.5. The molecule has 1 N–H and O–H groups in total. The lowest BCUT2D eigenvalue weighted by Crippen LogP contribution is -2.22. The van der Waals surface area contributed by atoms with Crippen molar-refractivity contribution in [2.24, 2.45) is 0 Å². The molecule has 3 aromatic rings. The van der Waals surface area contributed by atoms with E-state index in [0.717, 1.165) is 0 Å². The van der Waals surface area contributed by atoms with Crippen LogP contribution in [-0.4, -0.2) is 28.0 Å². The molecular formula is C19H15ClFN3O3. The predicted octanol–water partition coefficient (Wildman–Crippen LogP) is 3.77. The number of rotatable bonds is 5. The number of benzene rings is 2. The second-order valence-electron chi connectivity index (χ2n) is 5.66. The Hall–Kier alpha value is -3.19. The number of carbonyl (C=O) groups is 2. The maximum Gasteiger partial charge on any atom is 0.357 e. The Morgan fingerprint density at radius 2 is 1.96 bits per heavy atom. The first kappa shape index (κ1) is 18.6. The lowest BCUT2D eigenvalue weighted by molar-refractivity contribution is -0.119. The van der Waals surface area contributed by atoms with E-state index in [1.807, 2.05) is 0 Å². The Labute approximate surface area is 159 Å². The molecule has 0 aliphatic rings. The topological polar surface area (TPSA) is 73.2 Å². The number of anilines is 1. The fraction of sp³-hybridized carbons (Fsp3) is 0.105. The first-order chi connectivity index (χ1) is 13.0. The summed E-state index contributed by atoms with van der Waals surface area (Å²) in [5.41, 5.74) is 1.92. The molecule has 0 radical (unpaired) electrons. The molecule has 3 rings (SSSR count). The van der Waals surface area contributed by atoms with Crippen molar-refractivity contribution in [3.63, 3.8) is 0 Å². The van der Waals surface area contributed by atoms with Crippen LogP contribution in [-0.2, 0) is 9.53 Å². The molecule has 6 nitrogen and oxygen atoms in total. The van der Waals surface area contributed by atoms with Crippen LogP contribution in [0.2, 0.25) is 5.02 Å². The van der Waals surface area contributed by atoms with E-state index < -0.39 is 24.3 Å². The summed E-state index contributed by atoms with van der Waals surface area (Å²) in [6.07, 6.45) is 2.71. The first-order valence-electron chi connectivity index (χ1n) is 7.96. The van der Waals surface area contributed by atoms with Crippen molar-refractivity contribution in [1.82, 2.24) is 9.55 Å². The Morgan fingerprint density at radius 1 is 1.22 bits per heavy atom. The van der Waals surface area contributed by atoms with Crippen LogP contribution in [0.4, 0.5) is 10.1 Å². The Morgan fingerprint density at radius 3 is 2.70 bits per heavy atom. The van der Waals surface area contributed by atoms with Gasteiger partial charge in [0.15, 0.2) is 12.3 Å². The third-order valence-electron chi connectivity index (χ3n) is 3.83. The number of aromatic nitrogens is 2. The molecule has 0 unspecified atom stereocenters. The molecule has 1 amide bonds. The number of halogens is 2. The van der Waals surface area contributed by atoms with E-state index in [4.69, 9.17) is 16.3 Å². The van der Waals surface area contributed by atoms with Crippen molar-refractivity contribution >= 4 is 29.2 Å². The molecule has 0 saturated carbocycles. The lowest BCUT2D eigenvalue weighted by atomic mass is 10.2. The third-order valence-corrected chi connectivity index (χ3v) is 4.24. The number of carbonyl (C=O) groups excluding carboxylic acids is 2. The van der Waals surface area contributed by atoms with E-state index in [0.29, 0.717) is 22.0 Å². The highest BCUT2D eigenvalue weighted by atomic mass is 35.5. The number of nitrogens with zero attached hydrogens (tertiary/aromatic N) is 2. The third kappa shape index (κ3) is 4.32. The smallest absolute Gasteiger partial charge is 0.357 e. The van der Waals surface area contributed by atoms with E-state index in [-0.39, 0.29) is 5.69 Å². The molecular weight excluding hydrogens is 373 g/mol. The largest absolute Gasteiger partial charge is 0.451 e. The van der Waals surface area contributed by atoms with Crippen molar-refractivity contribution in [3.8, 4) is 5.69 Å². The van der Waals surface area contributed by atoms with Crippen molar-refractivity contribution in [2.75, 3.05) is 11.9 Å². The van der Waals surface area contributed by atoms with Crippen LogP contribution in [0.5, 0.6) is 0 Å². The predicted molar refractivity (Wildman–Crippen MR) is 98.6 cm³/mol. The van der Waals surface area contributed by atoms with Gasteiger partial charge in [0.05, 0.1) is 12.5 Å². The highest BCUT2D eigenvalue weighted by Crippen LogP contribution is 2.22. The fourth-order valence-electron chi connectivity index (χ4n) is 2.39. The molecule has 2 aromatic carbocycles. The maximum absolute atomic E-state index is 13.1. The van der Waals surface area contributed by atoms with Crippen LogP contribution in [0.15, 0.2) is 55.0 Å².